The summed E-state index contributed by atoms with van der Waals surface area (Å²) in [7, 11) is -3.26. The minimum Gasteiger partial charge on any atom is -0.325 e. The predicted molar refractivity (Wildman–Crippen MR) is 103 cm³/mol. The van der Waals surface area contributed by atoms with Crippen LogP contribution in [0.25, 0.3) is 0 Å². The minimum atomic E-state index is -3.26. The van der Waals surface area contributed by atoms with E-state index in [1.165, 1.54) is 10.4 Å². The van der Waals surface area contributed by atoms with Crippen LogP contribution in [-0.4, -0.2) is 26.6 Å². The molecule has 142 valence electrons. The maximum atomic E-state index is 14.1. The van der Waals surface area contributed by atoms with Crippen molar-refractivity contribution in [2.75, 3.05) is 21.9 Å². The molecule has 2 aliphatic rings. The molecule has 1 saturated carbocycles. The lowest BCUT2D eigenvalue weighted by Crippen LogP contribution is -2.37. The molecule has 2 fully saturated rings. The Balaban J connectivity index is 1.51. The van der Waals surface area contributed by atoms with Gasteiger partial charge in [0.05, 0.1) is 16.9 Å². The van der Waals surface area contributed by atoms with Crippen LogP contribution in [0.3, 0.4) is 0 Å². The number of hydrogen-bond acceptors (Lipinski definition) is 3. The molecule has 1 saturated heterocycles. The average molecular weight is 388 g/mol. The number of anilines is 2. The van der Waals surface area contributed by atoms with E-state index < -0.39 is 15.4 Å². The summed E-state index contributed by atoms with van der Waals surface area (Å²) < 4.78 is 39.9. The average Bonchev–Trinajstić information content (AvgIpc) is 3.44. The lowest BCUT2D eigenvalue weighted by atomic mass is 9.94. The number of halogens is 1. The molecular formula is C20H21FN2O3S. The summed E-state index contributed by atoms with van der Waals surface area (Å²) in [5.74, 6) is -0.432. The molecular weight excluding hydrogens is 367 g/mol. The second-order valence-corrected chi connectivity index (χ2v) is 9.17. The summed E-state index contributed by atoms with van der Waals surface area (Å²) in [6, 6.07) is 13.1. The quantitative estimate of drug-likeness (QED) is 0.873. The third-order valence-corrected chi connectivity index (χ3v) is 7.21. The van der Waals surface area contributed by atoms with Crippen LogP contribution in [0.2, 0.25) is 0 Å². The van der Waals surface area contributed by atoms with Gasteiger partial charge in [-0.25, -0.2) is 12.8 Å². The van der Waals surface area contributed by atoms with Crippen molar-refractivity contribution < 1.29 is 17.6 Å². The van der Waals surface area contributed by atoms with Crippen molar-refractivity contribution in [1.82, 2.24) is 0 Å². The van der Waals surface area contributed by atoms with Gasteiger partial charge in [0.2, 0.25) is 15.9 Å². The first-order valence-corrected chi connectivity index (χ1v) is 10.7. The second-order valence-electron chi connectivity index (χ2n) is 7.16. The van der Waals surface area contributed by atoms with Gasteiger partial charge in [-0.1, -0.05) is 18.2 Å². The highest BCUT2D eigenvalue weighted by molar-refractivity contribution is 7.92. The molecule has 0 bridgehead atoms. The van der Waals surface area contributed by atoms with Crippen molar-refractivity contribution in [3.05, 3.63) is 59.9 Å². The molecule has 0 atom stereocenters. The van der Waals surface area contributed by atoms with Crippen LogP contribution >= 0.6 is 0 Å². The molecule has 1 heterocycles. The monoisotopic (exact) mass is 388 g/mol. The Morgan fingerprint density at radius 2 is 1.74 bits per heavy atom. The Morgan fingerprint density at radius 3 is 2.37 bits per heavy atom. The van der Waals surface area contributed by atoms with Gasteiger partial charge in [0, 0.05) is 17.8 Å². The number of carbonyl (C=O) groups is 1. The van der Waals surface area contributed by atoms with E-state index in [-0.39, 0.29) is 17.5 Å². The van der Waals surface area contributed by atoms with Crippen molar-refractivity contribution >= 4 is 27.3 Å². The van der Waals surface area contributed by atoms with Gasteiger partial charge in [0.25, 0.3) is 0 Å². The Labute approximate surface area is 158 Å². The van der Waals surface area contributed by atoms with Gasteiger partial charge in [-0.3, -0.25) is 9.10 Å². The Kier molecular flexibility index (Phi) is 4.42. The lowest BCUT2D eigenvalue weighted by Gasteiger charge is -2.28. The molecule has 5 nitrogen and oxygen atoms in total. The number of carbonyl (C=O) groups excluding carboxylic acids is 1. The fraction of sp³-hybridized carbons (Fsp3) is 0.350. The number of sulfonamides is 1. The van der Waals surface area contributed by atoms with Crippen LogP contribution in [0.1, 0.15) is 31.2 Å². The van der Waals surface area contributed by atoms with Crippen molar-refractivity contribution in [2.45, 2.75) is 31.1 Å². The molecule has 2 aromatic rings. The first-order valence-electron chi connectivity index (χ1n) is 9.09. The van der Waals surface area contributed by atoms with Crippen molar-refractivity contribution in [2.24, 2.45) is 0 Å². The molecule has 0 unspecified atom stereocenters. The summed E-state index contributed by atoms with van der Waals surface area (Å²) in [6.45, 7) is 0.477. The molecule has 2 aromatic carbocycles. The first-order chi connectivity index (χ1) is 12.9. The molecule has 1 N–H and O–H groups in total. The molecule has 1 aliphatic heterocycles. The van der Waals surface area contributed by atoms with Gasteiger partial charge >= 0.3 is 0 Å². The van der Waals surface area contributed by atoms with E-state index in [0.717, 1.165) is 6.42 Å². The zero-order valence-corrected chi connectivity index (χ0v) is 15.6. The van der Waals surface area contributed by atoms with Crippen molar-refractivity contribution in [3.8, 4) is 0 Å². The molecule has 0 aromatic heterocycles. The van der Waals surface area contributed by atoms with Gasteiger partial charge in [-0.05, 0) is 56.0 Å². The van der Waals surface area contributed by atoms with Gasteiger partial charge in [-0.2, -0.15) is 0 Å². The summed E-state index contributed by atoms with van der Waals surface area (Å²) in [6.07, 6.45) is 2.75. The molecule has 0 spiro atoms. The molecule has 27 heavy (non-hydrogen) atoms. The maximum Gasteiger partial charge on any atom is 0.235 e. The smallest absolute Gasteiger partial charge is 0.235 e. The Morgan fingerprint density at radius 1 is 1.04 bits per heavy atom. The molecule has 4 rings (SSSR count). The SMILES string of the molecule is O=C(Nc1ccc(N2CCCCS2(=O)=O)cc1)C1(c2ccccc2F)CC1. The summed E-state index contributed by atoms with van der Waals surface area (Å²) >= 11 is 0. The van der Waals surface area contributed by atoms with Crippen LogP contribution in [0.15, 0.2) is 48.5 Å². The number of benzene rings is 2. The normalized spacial score (nSPS) is 20.1. The zero-order chi connectivity index (χ0) is 19.1. The van der Waals surface area contributed by atoms with Gasteiger partial charge in [0.15, 0.2) is 0 Å². The fourth-order valence-corrected chi connectivity index (χ4v) is 5.27. The first kappa shape index (κ1) is 18.0. The Hall–Kier alpha value is -2.41. The van der Waals surface area contributed by atoms with Gasteiger partial charge in [0.1, 0.15) is 5.82 Å². The van der Waals surface area contributed by atoms with E-state index in [1.807, 2.05) is 0 Å². The minimum absolute atomic E-state index is 0.163. The third kappa shape index (κ3) is 3.32. The Bertz CT molecular complexity index is 969. The van der Waals surface area contributed by atoms with E-state index in [9.17, 15) is 17.6 Å². The molecule has 0 radical (unpaired) electrons. The van der Waals surface area contributed by atoms with Crippen LogP contribution in [0.5, 0.6) is 0 Å². The predicted octanol–water partition coefficient (Wildman–Crippen LogP) is 3.43. The summed E-state index contributed by atoms with van der Waals surface area (Å²) in [5.41, 5.74) is 0.794. The van der Waals surface area contributed by atoms with Gasteiger partial charge < -0.3 is 5.32 Å². The van der Waals surface area contributed by atoms with Crippen molar-refractivity contribution in [1.29, 1.82) is 0 Å². The highest BCUT2D eigenvalue weighted by atomic mass is 32.2. The van der Waals surface area contributed by atoms with E-state index >= 15 is 0 Å². The molecule has 1 aliphatic carbocycles. The van der Waals surface area contributed by atoms with E-state index in [2.05, 4.69) is 5.32 Å². The zero-order valence-electron chi connectivity index (χ0n) is 14.8. The maximum absolute atomic E-state index is 14.1. The van der Waals surface area contributed by atoms with E-state index in [4.69, 9.17) is 0 Å². The second kappa shape index (κ2) is 6.64. The van der Waals surface area contributed by atoms with Gasteiger partial charge in [-0.15, -0.1) is 0 Å². The summed E-state index contributed by atoms with van der Waals surface area (Å²) in [5, 5.41) is 2.85. The topological polar surface area (TPSA) is 66.5 Å². The standard InChI is InChI=1S/C20H21FN2O3S/c21-18-6-2-1-5-17(18)20(11-12-20)19(24)22-15-7-9-16(10-8-15)23-13-3-4-14-27(23,25)26/h1-2,5-10H,3-4,11-14H2,(H,22,24). The molecule has 1 amide bonds. The third-order valence-electron chi connectivity index (χ3n) is 5.34. The van der Waals surface area contributed by atoms with Crippen LogP contribution in [0, 0.1) is 5.82 Å². The number of rotatable bonds is 4. The number of nitrogens with one attached hydrogen (secondary N) is 1. The number of nitrogens with zero attached hydrogens (tertiary/aromatic N) is 1. The van der Waals surface area contributed by atoms with E-state index in [0.29, 0.717) is 42.7 Å². The lowest BCUT2D eigenvalue weighted by molar-refractivity contribution is -0.118. The highest BCUT2D eigenvalue weighted by Gasteiger charge is 2.52. The number of amides is 1. The van der Waals surface area contributed by atoms with E-state index in [1.54, 1.807) is 42.5 Å². The van der Waals surface area contributed by atoms with Crippen LogP contribution < -0.4 is 9.62 Å². The summed E-state index contributed by atoms with van der Waals surface area (Å²) in [4.78, 5) is 12.8. The highest BCUT2D eigenvalue weighted by Crippen LogP contribution is 2.49. The van der Waals surface area contributed by atoms with Crippen molar-refractivity contribution in [3.63, 3.8) is 0 Å². The number of hydrogen-bond donors (Lipinski definition) is 1. The van der Waals surface area contributed by atoms with Crippen LogP contribution in [0.4, 0.5) is 15.8 Å². The molecule has 7 heteroatoms. The largest absolute Gasteiger partial charge is 0.325 e. The van der Waals surface area contributed by atoms with Crippen LogP contribution in [-0.2, 0) is 20.2 Å². The fourth-order valence-electron chi connectivity index (χ4n) is 3.63.